The summed E-state index contributed by atoms with van der Waals surface area (Å²) < 4.78 is 5.10. The molecular weight excluding hydrogens is 272 g/mol. The van der Waals surface area contributed by atoms with Crippen molar-refractivity contribution < 1.29 is 14.0 Å². The highest BCUT2D eigenvalue weighted by Crippen LogP contribution is 2.11. The summed E-state index contributed by atoms with van der Waals surface area (Å²) in [5.41, 5.74) is 0.371. The Morgan fingerprint density at radius 1 is 1.05 bits per heavy atom. The van der Waals surface area contributed by atoms with Gasteiger partial charge in [0, 0.05) is 32.4 Å². The van der Waals surface area contributed by atoms with Gasteiger partial charge in [-0.15, -0.1) is 0 Å². The number of aromatic nitrogens is 2. The van der Waals surface area contributed by atoms with Gasteiger partial charge < -0.3 is 14.2 Å². The molecule has 0 aromatic carbocycles. The van der Waals surface area contributed by atoms with E-state index in [2.05, 4.69) is 9.97 Å². The molecule has 0 aliphatic carbocycles. The van der Waals surface area contributed by atoms with Crippen LogP contribution < -0.4 is 0 Å². The second kappa shape index (κ2) is 5.74. The van der Waals surface area contributed by atoms with Crippen molar-refractivity contribution in [1.82, 2.24) is 19.8 Å². The van der Waals surface area contributed by atoms with Gasteiger partial charge in [-0.05, 0) is 18.2 Å². The number of amides is 2. The number of nitrogens with zero attached hydrogens (tertiary/aromatic N) is 4. The van der Waals surface area contributed by atoms with Crippen LogP contribution in [0.1, 0.15) is 21.0 Å². The number of rotatable bonds is 2. The van der Waals surface area contributed by atoms with Crippen LogP contribution in [0.4, 0.5) is 0 Å². The maximum Gasteiger partial charge on any atom is 0.289 e. The molecule has 1 saturated heterocycles. The first-order chi connectivity index (χ1) is 10.3. The lowest BCUT2D eigenvalue weighted by Crippen LogP contribution is -2.50. The summed E-state index contributed by atoms with van der Waals surface area (Å²) in [4.78, 5) is 35.4. The molecule has 0 N–H and O–H groups in total. The van der Waals surface area contributed by atoms with Gasteiger partial charge >= 0.3 is 0 Å². The Labute approximate surface area is 121 Å². The average Bonchev–Trinajstić information content (AvgIpc) is 3.09. The minimum Gasteiger partial charge on any atom is -0.459 e. The minimum absolute atomic E-state index is 0.137. The van der Waals surface area contributed by atoms with E-state index >= 15 is 0 Å². The standard InChI is InChI=1S/C14H14N4O3/c19-13(11-3-4-15-10-16-11)17-5-7-18(8-6-17)14(20)12-2-1-9-21-12/h1-4,9-10H,5-8H2. The predicted octanol–water partition coefficient (Wildman–Crippen LogP) is 0.668. The van der Waals surface area contributed by atoms with Crippen LogP contribution in [0.5, 0.6) is 0 Å². The van der Waals surface area contributed by atoms with E-state index in [0.29, 0.717) is 37.6 Å². The van der Waals surface area contributed by atoms with Gasteiger partial charge in [-0.3, -0.25) is 9.59 Å². The molecule has 2 aromatic rings. The first-order valence-electron chi connectivity index (χ1n) is 6.64. The summed E-state index contributed by atoms with van der Waals surface area (Å²) in [6.45, 7) is 1.93. The minimum atomic E-state index is -0.144. The third-order valence-corrected chi connectivity index (χ3v) is 3.39. The van der Waals surface area contributed by atoms with Gasteiger partial charge in [0.2, 0.25) is 0 Å². The molecule has 3 rings (SSSR count). The van der Waals surface area contributed by atoms with Gasteiger partial charge in [0.15, 0.2) is 5.76 Å². The van der Waals surface area contributed by atoms with E-state index in [9.17, 15) is 9.59 Å². The summed E-state index contributed by atoms with van der Waals surface area (Å²) in [6.07, 6.45) is 4.36. The number of hydrogen-bond acceptors (Lipinski definition) is 5. The highest BCUT2D eigenvalue weighted by atomic mass is 16.3. The molecule has 0 unspecified atom stereocenters. The second-order valence-corrected chi connectivity index (χ2v) is 4.66. The Morgan fingerprint density at radius 3 is 2.33 bits per heavy atom. The number of carbonyl (C=O) groups excluding carboxylic acids is 2. The summed E-state index contributed by atoms with van der Waals surface area (Å²) >= 11 is 0. The first kappa shape index (κ1) is 13.3. The second-order valence-electron chi connectivity index (χ2n) is 4.66. The average molecular weight is 286 g/mol. The smallest absolute Gasteiger partial charge is 0.289 e. The van der Waals surface area contributed by atoms with Crippen molar-refractivity contribution in [2.45, 2.75) is 0 Å². The van der Waals surface area contributed by atoms with E-state index < -0.39 is 0 Å². The molecule has 1 aliphatic heterocycles. The summed E-state index contributed by atoms with van der Waals surface area (Å²) in [5, 5.41) is 0. The molecule has 0 atom stereocenters. The molecule has 1 aliphatic rings. The molecule has 2 amide bonds. The fourth-order valence-corrected chi connectivity index (χ4v) is 2.25. The number of furan rings is 1. The van der Waals surface area contributed by atoms with Crippen LogP contribution in [-0.2, 0) is 0 Å². The molecular formula is C14H14N4O3. The van der Waals surface area contributed by atoms with E-state index in [1.54, 1.807) is 28.0 Å². The fraction of sp³-hybridized carbons (Fsp3) is 0.286. The van der Waals surface area contributed by atoms with E-state index in [1.807, 2.05) is 0 Å². The van der Waals surface area contributed by atoms with Crippen molar-refractivity contribution in [3.63, 3.8) is 0 Å². The number of piperazine rings is 1. The van der Waals surface area contributed by atoms with Crippen LogP contribution in [0.2, 0.25) is 0 Å². The molecule has 108 valence electrons. The van der Waals surface area contributed by atoms with Gasteiger partial charge in [0.25, 0.3) is 11.8 Å². The van der Waals surface area contributed by atoms with Crippen LogP contribution in [0.3, 0.4) is 0 Å². The Hall–Kier alpha value is -2.70. The van der Waals surface area contributed by atoms with Crippen LogP contribution in [0, 0.1) is 0 Å². The molecule has 0 spiro atoms. The number of carbonyl (C=O) groups is 2. The van der Waals surface area contributed by atoms with E-state index in [1.165, 1.54) is 18.8 Å². The fourth-order valence-electron chi connectivity index (χ4n) is 2.25. The molecule has 2 aromatic heterocycles. The summed E-state index contributed by atoms with van der Waals surface area (Å²) in [6, 6.07) is 4.91. The molecule has 21 heavy (non-hydrogen) atoms. The Morgan fingerprint density at radius 2 is 1.76 bits per heavy atom. The van der Waals surface area contributed by atoms with Crippen LogP contribution >= 0.6 is 0 Å². The molecule has 0 saturated carbocycles. The molecule has 7 heteroatoms. The van der Waals surface area contributed by atoms with Crippen LogP contribution in [0.25, 0.3) is 0 Å². The predicted molar refractivity (Wildman–Crippen MR) is 72.5 cm³/mol. The van der Waals surface area contributed by atoms with Gasteiger partial charge in [-0.25, -0.2) is 9.97 Å². The molecule has 0 bridgehead atoms. The van der Waals surface area contributed by atoms with Crippen molar-refractivity contribution in [2.75, 3.05) is 26.2 Å². The topological polar surface area (TPSA) is 79.5 Å². The van der Waals surface area contributed by atoms with Crippen molar-refractivity contribution in [3.05, 3.63) is 48.4 Å². The van der Waals surface area contributed by atoms with Gasteiger partial charge in [-0.1, -0.05) is 0 Å². The Balaban J connectivity index is 1.60. The van der Waals surface area contributed by atoms with Crippen molar-refractivity contribution in [3.8, 4) is 0 Å². The zero-order valence-electron chi connectivity index (χ0n) is 11.3. The third-order valence-electron chi connectivity index (χ3n) is 3.39. The lowest BCUT2D eigenvalue weighted by atomic mass is 10.2. The highest BCUT2D eigenvalue weighted by molar-refractivity contribution is 5.93. The first-order valence-corrected chi connectivity index (χ1v) is 6.64. The lowest BCUT2D eigenvalue weighted by Gasteiger charge is -2.34. The van der Waals surface area contributed by atoms with Crippen molar-refractivity contribution in [2.24, 2.45) is 0 Å². The van der Waals surface area contributed by atoms with E-state index in [0.717, 1.165) is 0 Å². The van der Waals surface area contributed by atoms with Gasteiger partial charge in [-0.2, -0.15) is 0 Å². The Bertz CT molecular complexity index is 619. The zero-order chi connectivity index (χ0) is 14.7. The summed E-state index contributed by atoms with van der Waals surface area (Å²) in [5.74, 6) is 0.0437. The quantitative estimate of drug-likeness (QED) is 0.810. The van der Waals surface area contributed by atoms with Gasteiger partial charge in [0.1, 0.15) is 12.0 Å². The highest BCUT2D eigenvalue weighted by Gasteiger charge is 2.26. The van der Waals surface area contributed by atoms with Crippen LogP contribution in [-0.4, -0.2) is 57.8 Å². The molecule has 7 nitrogen and oxygen atoms in total. The zero-order valence-corrected chi connectivity index (χ0v) is 11.3. The van der Waals surface area contributed by atoms with E-state index in [-0.39, 0.29) is 11.8 Å². The lowest BCUT2D eigenvalue weighted by molar-refractivity contribution is 0.0515. The molecule has 3 heterocycles. The van der Waals surface area contributed by atoms with Crippen molar-refractivity contribution >= 4 is 11.8 Å². The molecule has 0 radical (unpaired) electrons. The molecule has 1 fully saturated rings. The maximum atomic E-state index is 12.2. The van der Waals surface area contributed by atoms with Crippen LogP contribution in [0.15, 0.2) is 41.4 Å². The largest absolute Gasteiger partial charge is 0.459 e. The SMILES string of the molecule is O=C(c1ccncn1)N1CCN(C(=O)c2ccco2)CC1. The number of hydrogen-bond donors (Lipinski definition) is 0. The third kappa shape index (κ3) is 2.76. The monoisotopic (exact) mass is 286 g/mol. The van der Waals surface area contributed by atoms with Gasteiger partial charge in [0.05, 0.1) is 6.26 Å². The summed E-state index contributed by atoms with van der Waals surface area (Å²) in [7, 11) is 0. The normalized spacial score (nSPS) is 15.0. The maximum absolute atomic E-state index is 12.2. The Kier molecular flexibility index (Phi) is 3.63. The van der Waals surface area contributed by atoms with E-state index in [4.69, 9.17) is 4.42 Å². The van der Waals surface area contributed by atoms with Crippen molar-refractivity contribution in [1.29, 1.82) is 0 Å².